The summed E-state index contributed by atoms with van der Waals surface area (Å²) in [6.45, 7) is 2.87. The number of nitrogens with one attached hydrogen (secondary N) is 1. The molecular formula is C21H24ClN3O3S. The van der Waals surface area contributed by atoms with Crippen molar-refractivity contribution in [3.05, 3.63) is 51.4 Å². The Morgan fingerprint density at radius 1 is 1.24 bits per heavy atom. The number of nitrogens with zero attached hydrogens (tertiary/aromatic N) is 2. The van der Waals surface area contributed by atoms with Crippen LogP contribution in [-0.4, -0.2) is 54.5 Å². The Balaban J connectivity index is 1.44. The second-order valence-corrected chi connectivity index (χ2v) is 9.43. The van der Waals surface area contributed by atoms with Crippen LogP contribution in [0.1, 0.15) is 28.1 Å². The van der Waals surface area contributed by atoms with Gasteiger partial charge in [-0.1, -0.05) is 11.6 Å². The van der Waals surface area contributed by atoms with Crippen LogP contribution in [-0.2, 0) is 16.0 Å². The van der Waals surface area contributed by atoms with E-state index in [-0.39, 0.29) is 23.1 Å². The fraction of sp³-hybridized carbons (Fsp3) is 0.476. The number of aromatic nitrogens is 1. The topological polar surface area (TPSA) is 71.5 Å². The minimum atomic E-state index is -0.219. The first-order chi connectivity index (χ1) is 14.1. The fourth-order valence-electron chi connectivity index (χ4n) is 4.36. The standard InChI is InChI=1S/C21H24ClN3O3S/c22-18-2-1-17(29-18)20(27)25-13-16(21(14-25)6-11-28-12-7-21)19(26)24-10-5-15-3-8-23-9-4-15/h1-4,8-9,16H,5-7,10-14H2,(H,24,26). The number of amides is 2. The Bertz CT molecular complexity index is 867. The smallest absolute Gasteiger partial charge is 0.264 e. The Morgan fingerprint density at radius 3 is 2.69 bits per heavy atom. The number of thiophene rings is 1. The highest BCUT2D eigenvalue weighted by atomic mass is 35.5. The van der Waals surface area contributed by atoms with Crippen LogP contribution in [0.25, 0.3) is 0 Å². The van der Waals surface area contributed by atoms with Gasteiger partial charge in [-0.25, -0.2) is 0 Å². The average molecular weight is 434 g/mol. The molecule has 2 aliphatic rings. The summed E-state index contributed by atoms with van der Waals surface area (Å²) in [6.07, 6.45) is 5.86. The molecule has 0 saturated carbocycles. The van der Waals surface area contributed by atoms with Gasteiger partial charge in [-0.05, 0) is 49.1 Å². The third-order valence-electron chi connectivity index (χ3n) is 5.99. The Kier molecular flexibility index (Phi) is 6.18. The van der Waals surface area contributed by atoms with E-state index in [4.69, 9.17) is 16.3 Å². The molecule has 154 valence electrons. The highest BCUT2D eigenvalue weighted by Crippen LogP contribution is 2.45. The van der Waals surface area contributed by atoms with Crippen molar-refractivity contribution in [3.63, 3.8) is 0 Å². The van der Waals surface area contributed by atoms with Crippen molar-refractivity contribution in [3.8, 4) is 0 Å². The van der Waals surface area contributed by atoms with E-state index in [2.05, 4.69) is 10.3 Å². The number of hydrogen-bond donors (Lipinski definition) is 1. The van der Waals surface area contributed by atoms with E-state index in [1.54, 1.807) is 24.5 Å². The number of carbonyl (C=O) groups excluding carboxylic acids is 2. The molecule has 2 saturated heterocycles. The number of rotatable bonds is 5. The lowest BCUT2D eigenvalue weighted by atomic mass is 9.71. The fourth-order valence-corrected chi connectivity index (χ4v) is 5.37. The quantitative estimate of drug-likeness (QED) is 0.786. The van der Waals surface area contributed by atoms with E-state index in [1.807, 2.05) is 17.0 Å². The number of likely N-dealkylation sites (tertiary alicyclic amines) is 1. The number of halogens is 1. The van der Waals surface area contributed by atoms with Crippen LogP contribution < -0.4 is 5.32 Å². The molecule has 0 radical (unpaired) electrons. The molecular weight excluding hydrogens is 410 g/mol. The summed E-state index contributed by atoms with van der Waals surface area (Å²) in [7, 11) is 0. The molecule has 2 aromatic rings. The minimum Gasteiger partial charge on any atom is -0.381 e. The third-order valence-corrected chi connectivity index (χ3v) is 7.21. The van der Waals surface area contributed by atoms with E-state index in [9.17, 15) is 9.59 Å². The molecule has 0 bridgehead atoms. The maximum Gasteiger partial charge on any atom is 0.264 e. The summed E-state index contributed by atoms with van der Waals surface area (Å²) >= 11 is 7.29. The van der Waals surface area contributed by atoms with Crippen molar-refractivity contribution >= 4 is 34.8 Å². The summed E-state index contributed by atoms with van der Waals surface area (Å²) in [4.78, 5) is 32.5. The Hall–Kier alpha value is -1.96. The van der Waals surface area contributed by atoms with Crippen LogP contribution in [0, 0.1) is 11.3 Å². The van der Waals surface area contributed by atoms with Gasteiger partial charge >= 0.3 is 0 Å². The van der Waals surface area contributed by atoms with Gasteiger partial charge in [0.2, 0.25) is 5.91 Å². The first-order valence-corrected chi connectivity index (χ1v) is 11.1. The van der Waals surface area contributed by atoms with Crippen molar-refractivity contribution in [1.82, 2.24) is 15.2 Å². The second kappa shape index (κ2) is 8.81. The maximum absolute atomic E-state index is 13.1. The van der Waals surface area contributed by atoms with E-state index < -0.39 is 0 Å². The molecule has 6 nitrogen and oxygen atoms in total. The SMILES string of the molecule is O=C(NCCc1ccncc1)C1CN(C(=O)c2ccc(Cl)s2)CC12CCOCC2. The zero-order valence-electron chi connectivity index (χ0n) is 16.1. The first kappa shape index (κ1) is 20.3. The van der Waals surface area contributed by atoms with Gasteiger partial charge in [0.25, 0.3) is 5.91 Å². The summed E-state index contributed by atoms with van der Waals surface area (Å²) in [5.41, 5.74) is 0.925. The van der Waals surface area contributed by atoms with Gasteiger partial charge in [0.15, 0.2) is 0 Å². The van der Waals surface area contributed by atoms with Crippen molar-refractivity contribution in [2.24, 2.45) is 11.3 Å². The number of ether oxygens (including phenoxy) is 1. The lowest BCUT2D eigenvalue weighted by molar-refractivity contribution is -0.129. The molecule has 2 aliphatic heterocycles. The third kappa shape index (κ3) is 4.47. The Morgan fingerprint density at radius 2 is 2.00 bits per heavy atom. The van der Waals surface area contributed by atoms with E-state index in [1.165, 1.54) is 11.3 Å². The summed E-state index contributed by atoms with van der Waals surface area (Å²) in [5, 5.41) is 3.09. The minimum absolute atomic E-state index is 0.0282. The van der Waals surface area contributed by atoms with Crippen molar-refractivity contribution in [1.29, 1.82) is 0 Å². The maximum atomic E-state index is 13.1. The summed E-state index contributed by atoms with van der Waals surface area (Å²) in [5.74, 6) is -0.233. The molecule has 1 spiro atoms. The van der Waals surface area contributed by atoms with Gasteiger partial charge in [-0.2, -0.15) is 0 Å². The van der Waals surface area contributed by atoms with Crippen molar-refractivity contribution in [2.75, 3.05) is 32.8 Å². The number of pyridine rings is 1. The van der Waals surface area contributed by atoms with Crippen LogP contribution >= 0.6 is 22.9 Å². The highest BCUT2D eigenvalue weighted by Gasteiger charge is 2.51. The molecule has 2 aromatic heterocycles. The molecule has 4 heterocycles. The molecule has 0 aromatic carbocycles. The molecule has 2 fully saturated rings. The van der Waals surface area contributed by atoms with E-state index >= 15 is 0 Å². The van der Waals surface area contributed by atoms with Crippen LogP contribution in [0.2, 0.25) is 4.34 Å². The van der Waals surface area contributed by atoms with Crippen molar-refractivity contribution in [2.45, 2.75) is 19.3 Å². The predicted molar refractivity (Wildman–Crippen MR) is 112 cm³/mol. The zero-order chi connectivity index (χ0) is 20.3. The van der Waals surface area contributed by atoms with Gasteiger partial charge in [-0.15, -0.1) is 11.3 Å². The van der Waals surface area contributed by atoms with Gasteiger partial charge in [0.05, 0.1) is 15.1 Å². The lowest BCUT2D eigenvalue weighted by Crippen LogP contribution is -2.44. The molecule has 8 heteroatoms. The monoisotopic (exact) mass is 433 g/mol. The van der Waals surface area contributed by atoms with Gasteiger partial charge in [-0.3, -0.25) is 14.6 Å². The summed E-state index contributed by atoms with van der Waals surface area (Å²) in [6, 6.07) is 7.40. The summed E-state index contributed by atoms with van der Waals surface area (Å²) < 4.78 is 6.15. The first-order valence-electron chi connectivity index (χ1n) is 9.86. The molecule has 1 N–H and O–H groups in total. The van der Waals surface area contributed by atoms with Gasteiger partial charge in [0.1, 0.15) is 0 Å². The van der Waals surface area contributed by atoms with Crippen LogP contribution in [0.3, 0.4) is 0 Å². The lowest BCUT2D eigenvalue weighted by Gasteiger charge is -2.37. The predicted octanol–water partition coefficient (Wildman–Crippen LogP) is 3.02. The highest BCUT2D eigenvalue weighted by molar-refractivity contribution is 7.17. The number of hydrogen-bond acceptors (Lipinski definition) is 5. The van der Waals surface area contributed by atoms with Crippen LogP contribution in [0.4, 0.5) is 0 Å². The van der Waals surface area contributed by atoms with Crippen molar-refractivity contribution < 1.29 is 14.3 Å². The molecule has 1 unspecified atom stereocenters. The van der Waals surface area contributed by atoms with Crippen LogP contribution in [0.15, 0.2) is 36.7 Å². The molecule has 29 heavy (non-hydrogen) atoms. The van der Waals surface area contributed by atoms with E-state index in [0.717, 1.165) is 24.8 Å². The van der Waals surface area contributed by atoms with Crippen LogP contribution in [0.5, 0.6) is 0 Å². The normalized spacial score (nSPS) is 20.7. The Labute approximate surface area is 179 Å². The second-order valence-electron chi connectivity index (χ2n) is 7.71. The van der Waals surface area contributed by atoms with Gasteiger partial charge < -0.3 is 15.0 Å². The molecule has 4 rings (SSSR count). The molecule has 1 atom stereocenters. The average Bonchev–Trinajstić information content (AvgIpc) is 3.33. The zero-order valence-corrected chi connectivity index (χ0v) is 17.7. The largest absolute Gasteiger partial charge is 0.381 e. The van der Waals surface area contributed by atoms with E-state index in [0.29, 0.717) is 42.1 Å². The number of carbonyl (C=O) groups is 2. The molecule has 0 aliphatic carbocycles. The molecule has 2 amide bonds. The van der Waals surface area contributed by atoms with Gasteiger partial charge in [0, 0.05) is 50.7 Å².